The topological polar surface area (TPSA) is 37.8 Å². The van der Waals surface area contributed by atoms with Gasteiger partial charge in [0.05, 0.1) is 27.2 Å². The molecule has 4 heteroatoms. The first-order valence-electron chi connectivity index (χ1n) is 9.20. The van der Waals surface area contributed by atoms with Gasteiger partial charge in [0, 0.05) is 16.3 Å². The number of anilines is 1. The summed E-state index contributed by atoms with van der Waals surface area (Å²) in [5, 5.41) is 2.29. The second kappa shape index (κ2) is 6.08. The maximum absolute atomic E-state index is 5.05. The number of fused-ring (bicyclic) bond motifs is 5. The van der Waals surface area contributed by atoms with Crippen molar-refractivity contribution in [1.82, 2.24) is 9.97 Å². The van der Waals surface area contributed by atoms with Crippen molar-refractivity contribution in [3.8, 4) is 22.4 Å². The van der Waals surface area contributed by atoms with Crippen LogP contribution in [0.2, 0.25) is 0 Å². The van der Waals surface area contributed by atoms with Crippen molar-refractivity contribution in [2.75, 3.05) is 4.72 Å². The largest absolute Gasteiger partial charge is 0.310 e. The van der Waals surface area contributed by atoms with E-state index in [1.165, 1.54) is 11.1 Å². The molecule has 0 amide bonds. The highest BCUT2D eigenvalue weighted by Gasteiger charge is 2.25. The Labute approximate surface area is 166 Å². The number of rotatable bonds is 1. The molecule has 2 aromatic heterocycles. The second-order valence-electron chi connectivity index (χ2n) is 6.83. The van der Waals surface area contributed by atoms with Gasteiger partial charge in [0.25, 0.3) is 0 Å². The molecular weight excluding hydrogens is 362 g/mol. The first-order chi connectivity index (χ1) is 13.9. The summed E-state index contributed by atoms with van der Waals surface area (Å²) in [6.45, 7) is 0. The Kier molecular flexibility index (Phi) is 3.40. The zero-order valence-electron chi connectivity index (χ0n) is 14.9. The van der Waals surface area contributed by atoms with E-state index in [9.17, 15) is 0 Å². The van der Waals surface area contributed by atoms with Crippen LogP contribution in [0.1, 0.15) is 0 Å². The summed E-state index contributed by atoms with van der Waals surface area (Å²) in [6, 6.07) is 29.3. The highest BCUT2D eigenvalue weighted by atomic mass is 32.2. The third-order valence-corrected chi connectivity index (χ3v) is 5.96. The van der Waals surface area contributed by atoms with E-state index in [0.717, 1.165) is 43.8 Å². The van der Waals surface area contributed by atoms with E-state index < -0.39 is 0 Å². The summed E-state index contributed by atoms with van der Waals surface area (Å²) < 4.78 is 3.45. The summed E-state index contributed by atoms with van der Waals surface area (Å²) in [5.74, 6) is 0.873. The Morgan fingerprint density at radius 2 is 1.43 bits per heavy atom. The number of benzene rings is 3. The van der Waals surface area contributed by atoms with Gasteiger partial charge in [-0.05, 0) is 35.7 Å². The summed E-state index contributed by atoms with van der Waals surface area (Å²) in [5.41, 5.74) is 6.41. The number of hydrogen-bond acceptors (Lipinski definition) is 4. The molecule has 1 N–H and O–H groups in total. The molecule has 0 bridgehead atoms. The van der Waals surface area contributed by atoms with Crippen molar-refractivity contribution in [2.24, 2.45) is 0 Å². The van der Waals surface area contributed by atoms with Crippen LogP contribution in [0.5, 0.6) is 0 Å². The fourth-order valence-corrected chi connectivity index (χ4v) is 4.66. The van der Waals surface area contributed by atoms with Gasteiger partial charge in [0.1, 0.15) is 5.82 Å². The minimum atomic E-state index is 0.873. The van der Waals surface area contributed by atoms with E-state index in [4.69, 9.17) is 9.97 Å². The van der Waals surface area contributed by atoms with Crippen molar-refractivity contribution in [3.05, 3.63) is 84.9 Å². The molecule has 1 aliphatic rings. The molecular formula is C24H15N3S. The van der Waals surface area contributed by atoms with Gasteiger partial charge < -0.3 is 4.72 Å². The van der Waals surface area contributed by atoms with Crippen molar-refractivity contribution in [3.63, 3.8) is 0 Å². The molecule has 28 heavy (non-hydrogen) atoms. The van der Waals surface area contributed by atoms with Crippen LogP contribution in [0.15, 0.2) is 89.8 Å². The van der Waals surface area contributed by atoms with Crippen LogP contribution in [0, 0.1) is 0 Å². The molecule has 0 atom stereocenters. The van der Waals surface area contributed by atoms with Crippen molar-refractivity contribution in [1.29, 1.82) is 0 Å². The van der Waals surface area contributed by atoms with E-state index in [1.54, 1.807) is 11.9 Å². The minimum Gasteiger partial charge on any atom is -0.310 e. The summed E-state index contributed by atoms with van der Waals surface area (Å²) in [6.07, 6.45) is 0. The molecule has 0 fully saturated rings. The molecule has 0 aliphatic carbocycles. The average Bonchev–Trinajstić information content (AvgIpc) is 2.76. The molecule has 3 aromatic carbocycles. The SMILES string of the molecule is c1ccc(-c2c3c(nc4ccccc24)NSc2cc4ccccc4nc2-3)cc1. The lowest BCUT2D eigenvalue weighted by molar-refractivity contribution is 1.27. The molecule has 3 nitrogen and oxygen atoms in total. The lowest BCUT2D eigenvalue weighted by Gasteiger charge is -2.23. The maximum atomic E-state index is 5.05. The highest BCUT2D eigenvalue weighted by molar-refractivity contribution is 8.00. The molecule has 0 saturated heterocycles. The molecule has 0 saturated carbocycles. The van der Waals surface area contributed by atoms with Gasteiger partial charge in [-0.2, -0.15) is 0 Å². The number of hydrogen-bond donors (Lipinski definition) is 1. The molecule has 0 unspecified atom stereocenters. The number of aromatic nitrogens is 2. The third-order valence-electron chi connectivity index (χ3n) is 5.14. The number of nitrogens with zero attached hydrogens (tertiary/aromatic N) is 2. The second-order valence-corrected chi connectivity index (χ2v) is 7.67. The van der Waals surface area contributed by atoms with Gasteiger partial charge in [-0.25, -0.2) is 9.97 Å². The fraction of sp³-hybridized carbons (Fsp3) is 0. The fourth-order valence-electron chi connectivity index (χ4n) is 3.88. The Bertz CT molecular complexity index is 1360. The average molecular weight is 377 g/mol. The summed E-state index contributed by atoms with van der Waals surface area (Å²) >= 11 is 1.58. The van der Waals surface area contributed by atoms with Crippen molar-refractivity contribution in [2.45, 2.75) is 4.90 Å². The first kappa shape index (κ1) is 15.7. The molecule has 0 radical (unpaired) electrons. The number of pyridine rings is 2. The van der Waals surface area contributed by atoms with Crippen molar-refractivity contribution < 1.29 is 0 Å². The van der Waals surface area contributed by atoms with Crippen LogP contribution in [-0.2, 0) is 0 Å². The van der Waals surface area contributed by atoms with Gasteiger partial charge in [-0.15, -0.1) is 0 Å². The highest BCUT2D eigenvalue weighted by Crippen LogP contribution is 2.48. The van der Waals surface area contributed by atoms with Crippen LogP contribution in [0.3, 0.4) is 0 Å². The Balaban J connectivity index is 1.77. The smallest absolute Gasteiger partial charge is 0.146 e. The van der Waals surface area contributed by atoms with E-state index >= 15 is 0 Å². The van der Waals surface area contributed by atoms with Gasteiger partial charge in [0.2, 0.25) is 0 Å². The molecule has 6 rings (SSSR count). The molecule has 1 aliphatic heterocycles. The van der Waals surface area contributed by atoms with Gasteiger partial charge in [-0.3, -0.25) is 0 Å². The minimum absolute atomic E-state index is 0.873. The van der Waals surface area contributed by atoms with Crippen LogP contribution in [0.4, 0.5) is 5.82 Å². The first-order valence-corrected chi connectivity index (χ1v) is 10.0. The van der Waals surface area contributed by atoms with Gasteiger partial charge in [-0.1, -0.05) is 66.7 Å². The zero-order valence-corrected chi connectivity index (χ0v) is 15.7. The summed E-state index contributed by atoms with van der Waals surface area (Å²) in [4.78, 5) is 11.1. The van der Waals surface area contributed by atoms with E-state index in [2.05, 4.69) is 71.5 Å². The van der Waals surface area contributed by atoms with E-state index in [0.29, 0.717) is 0 Å². The molecule has 0 spiro atoms. The zero-order chi connectivity index (χ0) is 18.5. The standard InChI is InChI=1S/C24H15N3S/c1-2-8-15(9-3-1)21-17-11-5-7-13-19(17)26-24-22(21)23-20(28-27-24)14-16-10-4-6-12-18(16)25-23/h1-14H,(H,26,27). The van der Waals surface area contributed by atoms with Gasteiger partial charge in [0.15, 0.2) is 0 Å². The van der Waals surface area contributed by atoms with E-state index in [1.807, 2.05) is 18.2 Å². The lowest BCUT2D eigenvalue weighted by atomic mass is 9.93. The molecule has 3 heterocycles. The number of nitrogens with one attached hydrogen (secondary N) is 1. The lowest BCUT2D eigenvalue weighted by Crippen LogP contribution is -2.06. The molecule has 132 valence electrons. The van der Waals surface area contributed by atoms with Crippen LogP contribution in [0.25, 0.3) is 44.2 Å². The monoisotopic (exact) mass is 377 g/mol. The predicted molar refractivity (Wildman–Crippen MR) is 117 cm³/mol. The van der Waals surface area contributed by atoms with Crippen LogP contribution < -0.4 is 4.72 Å². The molecule has 5 aromatic rings. The predicted octanol–water partition coefficient (Wildman–Crippen LogP) is 6.55. The van der Waals surface area contributed by atoms with Crippen molar-refractivity contribution >= 4 is 39.6 Å². The normalized spacial score (nSPS) is 12.4. The quantitative estimate of drug-likeness (QED) is 0.336. The number of para-hydroxylation sites is 2. The van der Waals surface area contributed by atoms with Gasteiger partial charge >= 0.3 is 0 Å². The Morgan fingerprint density at radius 1 is 0.679 bits per heavy atom. The summed E-state index contributed by atoms with van der Waals surface area (Å²) in [7, 11) is 0. The van der Waals surface area contributed by atoms with E-state index in [-0.39, 0.29) is 0 Å². The maximum Gasteiger partial charge on any atom is 0.146 e. The Hall–Kier alpha value is -3.37. The van der Waals surface area contributed by atoms with Crippen LogP contribution in [-0.4, -0.2) is 9.97 Å². The third kappa shape index (κ3) is 2.31. The Morgan fingerprint density at radius 3 is 2.32 bits per heavy atom. The van der Waals surface area contributed by atoms with Crippen LogP contribution >= 0.6 is 11.9 Å².